The van der Waals surface area contributed by atoms with Crippen LogP contribution in [0, 0.1) is 0 Å². The van der Waals surface area contributed by atoms with Crippen LogP contribution in [0.4, 0.5) is 45.5 Å². The summed E-state index contributed by atoms with van der Waals surface area (Å²) in [6, 6.07) is 46.6. The van der Waals surface area contributed by atoms with Gasteiger partial charge in [0, 0.05) is 45.3 Å². The lowest BCUT2D eigenvalue weighted by atomic mass is 10.0. The Morgan fingerprint density at radius 1 is 0.493 bits per heavy atom. The second-order valence-electron chi connectivity index (χ2n) is 16.8. The molecule has 9 aromatic rings. The van der Waals surface area contributed by atoms with Crippen LogP contribution >= 0.6 is 11.6 Å². The van der Waals surface area contributed by atoms with E-state index in [9.17, 15) is 34.5 Å². The van der Waals surface area contributed by atoms with Crippen molar-refractivity contribution in [1.82, 2.24) is 0 Å². The highest BCUT2D eigenvalue weighted by Gasteiger charge is 2.25. The van der Waals surface area contributed by atoms with Crippen LogP contribution in [-0.2, 0) is 0 Å². The number of hydrogen-bond donors (Lipinski definition) is 8. The number of anilines is 6. The number of nitrogens with zero attached hydrogens (tertiary/aromatic N) is 3. The Morgan fingerprint density at radius 2 is 0.987 bits per heavy atom. The molecule has 0 spiro atoms. The fourth-order valence-electron chi connectivity index (χ4n) is 8.23. The number of methoxy groups -OCH3 is 2. The number of rotatable bonds is 15. The SMILES string of the molecule is COc1ccc(C(=O)Nc2ccccc2)cc1N=Nc1c(O)c(C(=O)Nc2cc(Cl)cc(NC(=O)c3cc4ccccc4c(N(C)Nc4cc(C(=O)Nc5ccccc5)ccc4OC)c3O)c2O)cc2ccccc12. The normalized spacial score (nSPS) is 11.0. The van der Waals surface area contributed by atoms with Gasteiger partial charge in [0.1, 0.15) is 28.6 Å². The first-order valence-electron chi connectivity index (χ1n) is 23.0. The van der Waals surface area contributed by atoms with E-state index in [1.54, 1.807) is 134 Å². The van der Waals surface area contributed by atoms with Gasteiger partial charge in [0.2, 0.25) is 0 Å². The molecule has 0 aliphatic heterocycles. The molecule has 9 rings (SSSR count). The number of hydrazine groups is 1. The Hall–Kier alpha value is -10.1. The fraction of sp³-hybridized carbons (Fsp3) is 0.0526. The smallest absolute Gasteiger partial charge is 0.259 e. The molecule has 8 N–H and O–H groups in total. The maximum atomic E-state index is 14.2. The lowest BCUT2D eigenvalue weighted by molar-refractivity contribution is 0.101. The quantitative estimate of drug-likeness (QED) is 0.0273. The van der Waals surface area contributed by atoms with E-state index < -0.39 is 35.0 Å². The van der Waals surface area contributed by atoms with E-state index in [0.717, 1.165) is 0 Å². The zero-order valence-corrected chi connectivity index (χ0v) is 40.9. The van der Waals surface area contributed by atoms with E-state index in [4.69, 9.17) is 21.1 Å². The number of fused-ring (bicyclic) bond motifs is 2. The Morgan fingerprint density at radius 3 is 1.56 bits per heavy atom. The number of phenols is 3. The molecule has 0 saturated carbocycles. The van der Waals surface area contributed by atoms with Gasteiger partial charge in [-0.2, -0.15) is 0 Å². The largest absolute Gasteiger partial charge is 0.505 e. The highest BCUT2D eigenvalue weighted by atomic mass is 35.5. The Labute approximate surface area is 433 Å². The summed E-state index contributed by atoms with van der Waals surface area (Å²) in [5.41, 5.74) is 4.60. The zero-order chi connectivity index (χ0) is 52.8. The van der Waals surface area contributed by atoms with Crippen molar-refractivity contribution in [1.29, 1.82) is 0 Å². The minimum absolute atomic E-state index is 0.00904. The molecule has 0 radical (unpaired) electrons. The predicted molar refractivity (Wildman–Crippen MR) is 291 cm³/mol. The van der Waals surface area contributed by atoms with Gasteiger partial charge in [-0.05, 0) is 95.7 Å². The molecule has 0 aliphatic carbocycles. The van der Waals surface area contributed by atoms with E-state index in [0.29, 0.717) is 49.9 Å². The Bertz CT molecular complexity index is 3730. The molecular formula is C57H45ClN8O9. The summed E-state index contributed by atoms with van der Waals surface area (Å²) in [5.74, 6) is -3.51. The third kappa shape index (κ3) is 10.7. The number of ether oxygens (including phenoxy) is 2. The van der Waals surface area contributed by atoms with Crippen molar-refractivity contribution >= 4 is 102 Å². The van der Waals surface area contributed by atoms with Crippen molar-refractivity contribution in [3.8, 4) is 28.7 Å². The molecule has 374 valence electrons. The third-order valence-electron chi connectivity index (χ3n) is 11.9. The Balaban J connectivity index is 0.980. The van der Waals surface area contributed by atoms with Gasteiger partial charge < -0.3 is 46.1 Å². The van der Waals surface area contributed by atoms with Gasteiger partial charge in [-0.3, -0.25) is 29.6 Å². The first kappa shape index (κ1) is 49.8. The number of halogens is 1. The minimum atomic E-state index is -0.895. The highest BCUT2D eigenvalue weighted by Crippen LogP contribution is 2.44. The van der Waals surface area contributed by atoms with Gasteiger partial charge in [0.25, 0.3) is 23.6 Å². The number of azo groups is 1. The van der Waals surface area contributed by atoms with Crippen LogP contribution in [0.25, 0.3) is 21.5 Å². The molecular weight excluding hydrogens is 976 g/mol. The monoisotopic (exact) mass is 1020 g/mol. The van der Waals surface area contributed by atoms with Crippen molar-refractivity contribution in [3.63, 3.8) is 0 Å². The molecule has 0 atom stereocenters. The summed E-state index contributed by atoms with van der Waals surface area (Å²) in [6.07, 6.45) is 0. The van der Waals surface area contributed by atoms with Crippen molar-refractivity contribution in [2.75, 3.05) is 53.0 Å². The number of aromatic hydroxyl groups is 3. The molecule has 75 heavy (non-hydrogen) atoms. The van der Waals surface area contributed by atoms with E-state index in [-0.39, 0.29) is 61.8 Å². The number of carbonyl (C=O) groups excluding carboxylic acids is 4. The standard InChI is InChI=1S/C57H45ClN8O9/c1-66(65-44-29-35(23-25-48(44)75-3)55(71)60-38-18-8-5-9-19-38)50-40-21-13-11-15-33(40)27-42(52(50)68)57(73)62-46-31-36(58)30-45(53(46)69)61-56(72)41-26-32-14-10-12-20-39(32)49(51(41)67)64-63-43-28-34(22-24-47(43)74-2)54(70)59-37-16-6-4-7-17-37/h4-31,65,67-69H,1-3H3,(H,59,70)(H,60,71)(H,61,72)(H,62,73). The van der Waals surface area contributed by atoms with E-state index in [1.165, 1.54) is 49.6 Å². The zero-order valence-electron chi connectivity index (χ0n) is 40.2. The Kier molecular flexibility index (Phi) is 14.4. The number of phenolic OH excluding ortho intramolecular Hbond substituents is 3. The van der Waals surface area contributed by atoms with Crippen LogP contribution in [-0.4, -0.2) is 60.2 Å². The van der Waals surface area contributed by atoms with Crippen molar-refractivity contribution in [3.05, 3.63) is 197 Å². The van der Waals surface area contributed by atoms with Crippen LogP contribution in [0.2, 0.25) is 5.02 Å². The summed E-state index contributed by atoms with van der Waals surface area (Å²) in [5, 5.41) is 58.3. The average molecular weight is 1020 g/mol. The van der Waals surface area contributed by atoms with Gasteiger partial charge in [0.05, 0.1) is 42.4 Å². The fourth-order valence-corrected chi connectivity index (χ4v) is 8.45. The van der Waals surface area contributed by atoms with Gasteiger partial charge in [0.15, 0.2) is 17.2 Å². The maximum Gasteiger partial charge on any atom is 0.259 e. The number of carbonyl (C=O) groups is 4. The average Bonchev–Trinajstić information content (AvgIpc) is 3.42. The molecule has 4 amide bonds. The summed E-state index contributed by atoms with van der Waals surface area (Å²) in [7, 11) is 4.51. The summed E-state index contributed by atoms with van der Waals surface area (Å²) >= 11 is 6.53. The number of para-hydroxylation sites is 2. The summed E-state index contributed by atoms with van der Waals surface area (Å²) < 4.78 is 11.1. The van der Waals surface area contributed by atoms with Gasteiger partial charge in [-0.1, -0.05) is 96.5 Å². The predicted octanol–water partition coefficient (Wildman–Crippen LogP) is 12.7. The topological polar surface area (TPSA) is 236 Å². The van der Waals surface area contributed by atoms with Gasteiger partial charge >= 0.3 is 0 Å². The number of benzene rings is 9. The molecule has 0 aromatic heterocycles. The number of nitrogens with one attached hydrogen (secondary N) is 5. The molecule has 0 bridgehead atoms. The van der Waals surface area contributed by atoms with Crippen LogP contribution in [0.1, 0.15) is 41.4 Å². The molecule has 18 heteroatoms. The highest BCUT2D eigenvalue weighted by molar-refractivity contribution is 6.31. The first-order chi connectivity index (χ1) is 36.3. The van der Waals surface area contributed by atoms with E-state index in [2.05, 4.69) is 36.9 Å². The van der Waals surface area contributed by atoms with Crippen LogP contribution in [0.5, 0.6) is 28.7 Å². The number of amides is 4. The van der Waals surface area contributed by atoms with Crippen molar-refractivity contribution < 1.29 is 44.0 Å². The van der Waals surface area contributed by atoms with Gasteiger partial charge in [-0.25, -0.2) is 0 Å². The number of hydrogen-bond acceptors (Lipinski definition) is 13. The van der Waals surface area contributed by atoms with Crippen molar-refractivity contribution in [2.24, 2.45) is 10.2 Å². The maximum absolute atomic E-state index is 14.2. The molecule has 0 aliphatic rings. The first-order valence-corrected chi connectivity index (χ1v) is 23.3. The van der Waals surface area contributed by atoms with Crippen LogP contribution in [0.15, 0.2) is 180 Å². The third-order valence-corrected chi connectivity index (χ3v) is 12.1. The second-order valence-corrected chi connectivity index (χ2v) is 17.2. The molecule has 17 nitrogen and oxygen atoms in total. The lowest BCUT2D eigenvalue weighted by Crippen LogP contribution is -2.26. The molecule has 0 unspecified atom stereocenters. The van der Waals surface area contributed by atoms with Crippen LogP contribution in [0.3, 0.4) is 0 Å². The molecule has 0 fully saturated rings. The molecule has 9 aromatic carbocycles. The van der Waals surface area contributed by atoms with E-state index in [1.807, 2.05) is 12.1 Å². The summed E-state index contributed by atoms with van der Waals surface area (Å²) in [4.78, 5) is 54.8. The van der Waals surface area contributed by atoms with Crippen molar-refractivity contribution in [2.45, 2.75) is 0 Å². The minimum Gasteiger partial charge on any atom is -0.505 e. The molecule has 0 saturated heterocycles. The van der Waals surface area contributed by atoms with Crippen LogP contribution < -0.4 is 41.2 Å². The summed E-state index contributed by atoms with van der Waals surface area (Å²) in [6.45, 7) is 0. The van der Waals surface area contributed by atoms with E-state index >= 15 is 0 Å². The molecule has 0 heterocycles. The second kappa shape index (κ2) is 21.7. The van der Waals surface area contributed by atoms with Gasteiger partial charge in [-0.15, -0.1) is 10.2 Å². The lowest BCUT2D eigenvalue weighted by Gasteiger charge is -2.26.